The number of hydrogen-bond acceptors (Lipinski definition) is 5. The Morgan fingerprint density at radius 3 is 2.79 bits per heavy atom. The number of rotatable bonds is 4. The Balaban J connectivity index is 1.60. The molecule has 124 valence electrons. The first-order valence-electron chi connectivity index (χ1n) is 7.75. The number of aromatic nitrogens is 1. The van der Waals surface area contributed by atoms with Crippen LogP contribution in [-0.2, 0) is 0 Å². The predicted molar refractivity (Wildman–Crippen MR) is 99.9 cm³/mol. The molecule has 0 fully saturated rings. The fourth-order valence-corrected chi connectivity index (χ4v) is 3.02. The van der Waals surface area contributed by atoms with E-state index in [1.54, 1.807) is 30.1 Å². The molecule has 0 radical (unpaired) electrons. The Labute approximate surface area is 144 Å². The van der Waals surface area contributed by atoms with Crippen molar-refractivity contribution in [1.82, 2.24) is 10.4 Å². The van der Waals surface area contributed by atoms with E-state index in [0.29, 0.717) is 5.69 Å². The van der Waals surface area contributed by atoms with Crippen molar-refractivity contribution in [1.29, 1.82) is 0 Å². The molecule has 2 aromatic rings. The molecule has 3 rings (SSSR count). The summed E-state index contributed by atoms with van der Waals surface area (Å²) in [7, 11) is 0. The lowest BCUT2D eigenvalue weighted by atomic mass is 10.1. The number of amidine groups is 1. The van der Waals surface area contributed by atoms with Crippen LogP contribution in [0.1, 0.15) is 29.4 Å². The van der Waals surface area contributed by atoms with Gasteiger partial charge in [-0.3, -0.25) is 9.79 Å². The van der Waals surface area contributed by atoms with Crippen molar-refractivity contribution in [2.45, 2.75) is 13.3 Å². The second-order valence-corrected chi connectivity index (χ2v) is 6.40. The summed E-state index contributed by atoms with van der Waals surface area (Å²) in [5.74, 6) is 0.848. The Kier molecular flexibility index (Phi) is 5.32. The molecule has 24 heavy (non-hydrogen) atoms. The maximum Gasteiger partial charge on any atom is 0.287 e. The fourth-order valence-electron chi connectivity index (χ4n) is 2.18. The van der Waals surface area contributed by atoms with Crippen molar-refractivity contribution in [2.24, 2.45) is 10.1 Å². The van der Waals surface area contributed by atoms with Crippen LogP contribution in [0.4, 0.5) is 5.69 Å². The van der Waals surface area contributed by atoms with E-state index in [9.17, 15) is 4.79 Å². The highest BCUT2D eigenvalue weighted by Crippen LogP contribution is 2.17. The van der Waals surface area contributed by atoms with E-state index < -0.39 is 0 Å². The molecular formula is C17H19N5OS. The summed E-state index contributed by atoms with van der Waals surface area (Å²) in [4.78, 5) is 19.1. The van der Waals surface area contributed by atoms with E-state index in [4.69, 9.17) is 0 Å². The van der Waals surface area contributed by atoms with Crippen molar-refractivity contribution < 1.29 is 4.79 Å². The van der Waals surface area contributed by atoms with Crippen LogP contribution in [0, 0.1) is 0 Å². The molecule has 1 aromatic heterocycles. The molecule has 0 saturated heterocycles. The van der Waals surface area contributed by atoms with Crippen LogP contribution in [0.2, 0.25) is 0 Å². The van der Waals surface area contributed by atoms with Gasteiger partial charge in [0.15, 0.2) is 5.17 Å². The predicted octanol–water partition coefficient (Wildman–Crippen LogP) is 3.07. The number of thioether (sulfide) groups is 1. The summed E-state index contributed by atoms with van der Waals surface area (Å²) in [6.07, 6.45) is 2.84. The number of aliphatic imine (C=N–C) groups is 1. The molecule has 6 nitrogen and oxygen atoms in total. The molecule has 0 unspecified atom stereocenters. The van der Waals surface area contributed by atoms with E-state index in [2.05, 4.69) is 25.8 Å². The van der Waals surface area contributed by atoms with E-state index in [-0.39, 0.29) is 5.91 Å². The van der Waals surface area contributed by atoms with Gasteiger partial charge in [0, 0.05) is 24.2 Å². The van der Waals surface area contributed by atoms with Crippen LogP contribution >= 0.6 is 11.8 Å². The molecule has 0 spiro atoms. The Morgan fingerprint density at radius 1 is 1.29 bits per heavy atom. The molecule has 1 aromatic carbocycles. The SMILES string of the molecule is C/C(=N/NC(=O)c1ccc[nH]1)c1ccc(NC2=NCCCS2)cc1. The maximum atomic E-state index is 11.8. The van der Waals surface area contributed by atoms with Crippen molar-refractivity contribution in [3.8, 4) is 0 Å². The number of carbonyl (C=O) groups excluding carboxylic acids is 1. The van der Waals surface area contributed by atoms with Gasteiger partial charge in [0.05, 0.1) is 5.71 Å². The molecule has 1 amide bonds. The smallest absolute Gasteiger partial charge is 0.287 e. The molecule has 0 saturated carbocycles. The average Bonchev–Trinajstić information content (AvgIpc) is 3.16. The maximum absolute atomic E-state index is 11.8. The Bertz CT molecular complexity index is 750. The van der Waals surface area contributed by atoms with Gasteiger partial charge in [-0.15, -0.1) is 0 Å². The second-order valence-electron chi connectivity index (χ2n) is 5.31. The highest BCUT2D eigenvalue weighted by molar-refractivity contribution is 8.14. The minimum Gasteiger partial charge on any atom is -0.357 e. The summed E-state index contributed by atoms with van der Waals surface area (Å²) < 4.78 is 0. The molecule has 0 aliphatic carbocycles. The average molecular weight is 341 g/mol. The highest BCUT2D eigenvalue weighted by atomic mass is 32.2. The molecule has 0 atom stereocenters. The third kappa shape index (κ3) is 4.26. The van der Waals surface area contributed by atoms with Gasteiger partial charge in [0.25, 0.3) is 5.91 Å². The molecule has 3 N–H and O–H groups in total. The zero-order valence-corrected chi connectivity index (χ0v) is 14.2. The quantitative estimate of drug-likeness (QED) is 0.590. The first kappa shape index (κ1) is 16.3. The highest BCUT2D eigenvalue weighted by Gasteiger charge is 2.07. The summed E-state index contributed by atoms with van der Waals surface area (Å²) in [6, 6.07) is 11.4. The molecule has 2 heterocycles. The molecule has 1 aliphatic heterocycles. The van der Waals surface area contributed by atoms with Crippen molar-refractivity contribution in [3.05, 3.63) is 53.9 Å². The monoisotopic (exact) mass is 341 g/mol. The van der Waals surface area contributed by atoms with E-state index in [0.717, 1.165) is 40.8 Å². The van der Waals surface area contributed by atoms with Gasteiger partial charge in [0.1, 0.15) is 5.69 Å². The van der Waals surface area contributed by atoms with E-state index in [1.807, 2.05) is 31.2 Å². The standard InChI is InChI=1S/C17H19N5OS/c1-12(21-22-16(23)15-4-2-9-18-15)13-5-7-14(8-6-13)20-17-19-10-3-11-24-17/h2,4-9,18H,3,10-11H2,1H3,(H,19,20)(H,22,23)/b21-12-. The van der Waals surface area contributed by atoms with Crippen LogP contribution in [-0.4, -0.2) is 34.1 Å². The van der Waals surface area contributed by atoms with E-state index in [1.165, 1.54) is 0 Å². The van der Waals surface area contributed by atoms with Crippen LogP contribution in [0.15, 0.2) is 52.7 Å². The lowest BCUT2D eigenvalue weighted by molar-refractivity contribution is 0.0950. The van der Waals surface area contributed by atoms with Crippen molar-refractivity contribution in [3.63, 3.8) is 0 Å². The summed E-state index contributed by atoms with van der Waals surface area (Å²) in [5, 5.41) is 8.43. The number of benzene rings is 1. The number of hydrazone groups is 1. The minimum atomic E-state index is -0.259. The summed E-state index contributed by atoms with van der Waals surface area (Å²) in [6.45, 7) is 2.75. The summed E-state index contributed by atoms with van der Waals surface area (Å²) in [5.41, 5.74) is 5.71. The van der Waals surface area contributed by atoms with Crippen LogP contribution < -0.4 is 10.7 Å². The molecule has 1 aliphatic rings. The zero-order chi connectivity index (χ0) is 16.8. The molecule has 0 bridgehead atoms. The third-order valence-corrected chi connectivity index (χ3v) is 4.52. The van der Waals surface area contributed by atoms with Gasteiger partial charge in [-0.05, 0) is 43.2 Å². The number of nitrogens with one attached hydrogen (secondary N) is 3. The van der Waals surface area contributed by atoms with Gasteiger partial charge in [-0.1, -0.05) is 23.9 Å². The summed E-state index contributed by atoms with van der Waals surface area (Å²) >= 11 is 1.74. The number of carbonyl (C=O) groups is 1. The first-order chi connectivity index (χ1) is 11.7. The van der Waals surface area contributed by atoms with Crippen molar-refractivity contribution in [2.75, 3.05) is 17.6 Å². The van der Waals surface area contributed by atoms with Gasteiger partial charge in [-0.25, -0.2) is 5.43 Å². The topological polar surface area (TPSA) is 81.6 Å². The Hall–Kier alpha value is -2.54. The van der Waals surface area contributed by atoms with Crippen molar-refractivity contribution >= 4 is 34.2 Å². The second kappa shape index (κ2) is 7.83. The minimum absolute atomic E-state index is 0.259. The number of anilines is 1. The van der Waals surface area contributed by atoms with Crippen LogP contribution in [0.25, 0.3) is 0 Å². The largest absolute Gasteiger partial charge is 0.357 e. The number of H-pyrrole nitrogens is 1. The number of hydrogen-bond donors (Lipinski definition) is 3. The zero-order valence-electron chi connectivity index (χ0n) is 13.4. The third-order valence-electron chi connectivity index (χ3n) is 3.52. The number of amides is 1. The normalized spacial score (nSPS) is 14.9. The lowest BCUT2D eigenvalue weighted by Crippen LogP contribution is -2.19. The van der Waals surface area contributed by atoms with Crippen LogP contribution in [0.3, 0.4) is 0 Å². The Morgan fingerprint density at radius 2 is 2.12 bits per heavy atom. The number of nitrogens with zero attached hydrogens (tertiary/aromatic N) is 2. The molecular weight excluding hydrogens is 322 g/mol. The fraction of sp³-hybridized carbons (Fsp3) is 0.235. The van der Waals surface area contributed by atoms with Gasteiger partial charge < -0.3 is 10.3 Å². The number of aromatic amines is 1. The first-order valence-corrected chi connectivity index (χ1v) is 8.73. The van der Waals surface area contributed by atoms with Gasteiger partial charge >= 0.3 is 0 Å². The van der Waals surface area contributed by atoms with Crippen LogP contribution in [0.5, 0.6) is 0 Å². The van der Waals surface area contributed by atoms with Gasteiger partial charge in [0.2, 0.25) is 0 Å². The lowest BCUT2D eigenvalue weighted by Gasteiger charge is -2.13. The molecule has 7 heteroatoms. The van der Waals surface area contributed by atoms with E-state index >= 15 is 0 Å². The van der Waals surface area contributed by atoms with Gasteiger partial charge in [-0.2, -0.15) is 5.10 Å².